The van der Waals surface area contributed by atoms with Gasteiger partial charge in [-0.05, 0) is 63.0 Å². The minimum atomic E-state index is -0.494. The van der Waals surface area contributed by atoms with Gasteiger partial charge in [0.25, 0.3) is 5.69 Å². The Bertz CT molecular complexity index is 731. The fourth-order valence-electron chi connectivity index (χ4n) is 1.69. The number of carbonyl (C=O) groups excluding carboxylic acids is 1. The van der Waals surface area contributed by atoms with Crippen LogP contribution in [-0.2, 0) is 0 Å². The molecule has 0 N–H and O–H groups in total. The van der Waals surface area contributed by atoms with Crippen LogP contribution in [0.5, 0.6) is 11.5 Å². The number of hydrogen-bond acceptors (Lipinski definition) is 4. The molecule has 0 aromatic heterocycles. The van der Waals surface area contributed by atoms with E-state index in [0.29, 0.717) is 21.5 Å². The molecule has 0 unspecified atom stereocenters. The Balaban J connectivity index is 2.35. The van der Waals surface area contributed by atoms with Gasteiger partial charge >= 0.3 is 0 Å². The molecule has 108 valence electrons. The first-order chi connectivity index (χ1) is 9.90. The number of carbonyl (C=O) groups is 1. The van der Waals surface area contributed by atoms with Gasteiger partial charge in [0.05, 0.1) is 4.92 Å². The van der Waals surface area contributed by atoms with E-state index in [1.165, 1.54) is 19.1 Å². The third kappa shape index (κ3) is 3.48. The van der Waals surface area contributed by atoms with Gasteiger partial charge in [0.15, 0.2) is 5.78 Å². The topological polar surface area (TPSA) is 69.4 Å². The quantitative estimate of drug-likeness (QED) is 0.395. The first-order valence-corrected chi connectivity index (χ1v) is 7.40. The summed E-state index contributed by atoms with van der Waals surface area (Å²) in [6, 6.07) is 9.44. The third-order valence-electron chi connectivity index (χ3n) is 2.69. The van der Waals surface area contributed by atoms with Crippen LogP contribution in [0.25, 0.3) is 0 Å². The predicted molar refractivity (Wildman–Crippen MR) is 85.0 cm³/mol. The van der Waals surface area contributed by atoms with Gasteiger partial charge in [-0.15, -0.1) is 0 Å². The molecule has 0 saturated heterocycles. The van der Waals surface area contributed by atoms with E-state index in [9.17, 15) is 14.9 Å². The number of ketones is 1. The van der Waals surface area contributed by atoms with Crippen molar-refractivity contribution < 1.29 is 14.5 Å². The van der Waals surface area contributed by atoms with Crippen LogP contribution in [0.1, 0.15) is 17.3 Å². The normalized spacial score (nSPS) is 10.2. The van der Waals surface area contributed by atoms with Crippen LogP contribution in [0.4, 0.5) is 5.69 Å². The first kappa shape index (κ1) is 15.7. The van der Waals surface area contributed by atoms with E-state index in [0.717, 1.165) is 0 Å². The number of ether oxygens (including phenoxy) is 1. The third-order valence-corrected chi connectivity index (χ3v) is 4.14. The Hall–Kier alpha value is -1.73. The van der Waals surface area contributed by atoms with Crippen LogP contribution in [-0.4, -0.2) is 10.7 Å². The molecule has 0 aliphatic rings. The standard InChI is InChI=1S/C14H9Br2NO4/c1-8(18)10-6-5-9(7-11(10)15)21-13-4-2-3-12(14(13)16)17(19)20/h2-7H,1H3. The maximum Gasteiger partial charge on any atom is 0.287 e. The molecule has 2 aromatic rings. The van der Waals surface area contributed by atoms with Crippen LogP contribution in [0.2, 0.25) is 0 Å². The number of benzene rings is 2. The molecule has 0 saturated carbocycles. The summed E-state index contributed by atoms with van der Waals surface area (Å²) in [5, 5.41) is 10.9. The number of rotatable bonds is 4. The summed E-state index contributed by atoms with van der Waals surface area (Å²) in [6.07, 6.45) is 0. The smallest absolute Gasteiger partial charge is 0.287 e. The Morgan fingerprint density at radius 3 is 2.52 bits per heavy atom. The zero-order valence-electron chi connectivity index (χ0n) is 10.8. The monoisotopic (exact) mass is 413 g/mol. The summed E-state index contributed by atoms with van der Waals surface area (Å²) in [7, 11) is 0. The molecule has 0 atom stereocenters. The van der Waals surface area contributed by atoms with Gasteiger partial charge in [0.2, 0.25) is 0 Å². The highest BCUT2D eigenvalue weighted by atomic mass is 79.9. The number of nitro groups is 1. The molecule has 0 heterocycles. The molecule has 21 heavy (non-hydrogen) atoms. The van der Waals surface area contributed by atoms with E-state index >= 15 is 0 Å². The van der Waals surface area contributed by atoms with Crippen molar-refractivity contribution in [1.82, 2.24) is 0 Å². The van der Waals surface area contributed by atoms with Gasteiger partial charge in [-0.25, -0.2) is 0 Å². The molecule has 7 heteroatoms. The molecule has 2 rings (SSSR count). The van der Waals surface area contributed by atoms with Crippen molar-refractivity contribution in [3.8, 4) is 11.5 Å². The zero-order chi connectivity index (χ0) is 15.6. The maximum absolute atomic E-state index is 11.4. The van der Waals surface area contributed by atoms with Crippen molar-refractivity contribution in [3.05, 3.63) is 61.0 Å². The van der Waals surface area contributed by atoms with Crippen LogP contribution in [0.3, 0.4) is 0 Å². The minimum absolute atomic E-state index is 0.0649. The Morgan fingerprint density at radius 2 is 1.95 bits per heavy atom. The molecule has 0 radical (unpaired) electrons. The highest BCUT2D eigenvalue weighted by molar-refractivity contribution is 9.11. The number of halogens is 2. The minimum Gasteiger partial charge on any atom is -0.456 e. The van der Waals surface area contributed by atoms with Crippen molar-refractivity contribution in [3.63, 3.8) is 0 Å². The molecular formula is C14H9Br2NO4. The highest BCUT2D eigenvalue weighted by Crippen LogP contribution is 2.37. The van der Waals surface area contributed by atoms with Gasteiger partial charge in [0, 0.05) is 16.1 Å². The highest BCUT2D eigenvalue weighted by Gasteiger charge is 2.16. The van der Waals surface area contributed by atoms with Crippen LogP contribution >= 0.6 is 31.9 Å². The van der Waals surface area contributed by atoms with E-state index in [1.807, 2.05) is 0 Å². The molecular weight excluding hydrogens is 406 g/mol. The van der Waals surface area contributed by atoms with Crippen LogP contribution < -0.4 is 4.74 Å². The summed E-state index contributed by atoms with van der Waals surface area (Å²) >= 11 is 6.46. The summed E-state index contributed by atoms with van der Waals surface area (Å²) in [5.74, 6) is 0.727. The molecule has 0 aliphatic heterocycles. The Labute approximate surface area is 137 Å². The lowest BCUT2D eigenvalue weighted by Crippen LogP contribution is -1.95. The molecule has 2 aromatic carbocycles. The Kier molecular flexibility index (Phi) is 4.74. The number of Topliss-reactive ketones (excluding diaryl/α,β-unsaturated/α-hetero) is 1. The van der Waals surface area contributed by atoms with Gasteiger partial charge in [-0.2, -0.15) is 0 Å². The van der Waals surface area contributed by atoms with E-state index in [2.05, 4.69) is 31.9 Å². The Morgan fingerprint density at radius 1 is 1.24 bits per heavy atom. The number of nitrogens with zero attached hydrogens (tertiary/aromatic N) is 1. The lowest BCUT2D eigenvalue weighted by Gasteiger charge is -2.09. The second kappa shape index (κ2) is 6.36. The van der Waals surface area contributed by atoms with Crippen molar-refractivity contribution in [1.29, 1.82) is 0 Å². The summed E-state index contributed by atoms with van der Waals surface area (Å²) in [4.78, 5) is 21.7. The summed E-state index contributed by atoms with van der Waals surface area (Å²) < 4.78 is 6.49. The second-order valence-electron chi connectivity index (χ2n) is 4.15. The van der Waals surface area contributed by atoms with Crippen LogP contribution in [0.15, 0.2) is 45.3 Å². The largest absolute Gasteiger partial charge is 0.456 e. The van der Waals surface area contributed by atoms with Crippen molar-refractivity contribution in [2.75, 3.05) is 0 Å². The molecule has 0 bridgehead atoms. The average Bonchev–Trinajstić information content (AvgIpc) is 2.40. The van der Waals surface area contributed by atoms with Crippen molar-refractivity contribution in [2.45, 2.75) is 6.92 Å². The lowest BCUT2D eigenvalue weighted by molar-refractivity contribution is -0.385. The average molecular weight is 415 g/mol. The second-order valence-corrected chi connectivity index (χ2v) is 5.79. The van der Waals surface area contributed by atoms with E-state index in [-0.39, 0.29) is 15.9 Å². The van der Waals surface area contributed by atoms with Gasteiger partial charge in [-0.3, -0.25) is 14.9 Å². The zero-order valence-corrected chi connectivity index (χ0v) is 14.0. The van der Waals surface area contributed by atoms with Crippen molar-refractivity contribution in [2.24, 2.45) is 0 Å². The summed E-state index contributed by atoms with van der Waals surface area (Å²) in [6.45, 7) is 1.47. The van der Waals surface area contributed by atoms with Crippen LogP contribution in [0, 0.1) is 10.1 Å². The fourth-order valence-corrected chi connectivity index (χ4v) is 2.82. The molecule has 0 amide bonds. The van der Waals surface area contributed by atoms with Gasteiger partial charge in [0.1, 0.15) is 16.0 Å². The predicted octanol–water partition coefficient (Wildman–Crippen LogP) is 5.11. The molecule has 0 aliphatic carbocycles. The number of nitro benzene ring substituents is 1. The fraction of sp³-hybridized carbons (Fsp3) is 0.0714. The number of hydrogen-bond donors (Lipinski definition) is 0. The maximum atomic E-state index is 11.4. The molecule has 0 fully saturated rings. The molecule has 5 nitrogen and oxygen atoms in total. The first-order valence-electron chi connectivity index (χ1n) is 5.81. The van der Waals surface area contributed by atoms with Crippen molar-refractivity contribution >= 4 is 43.3 Å². The van der Waals surface area contributed by atoms with Gasteiger partial charge in [-0.1, -0.05) is 6.07 Å². The lowest BCUT2D eigenvalue weighted by atomic mass is 10.1. The SMILES string of the molecule is CC(=O)c1ccc(Oc2cccc([N+](=O)[O-])c2Br)cc1Br. The van der Waals surface area contributed by atoms with E-state index < -0.39 is 4.92 Å². The van der Waals surface area contributed by atoms with E-state index in [4.69, 9.17) is 4.74 Å². The van der Waals surface area contributed by atoms with E-state index in [1.54, 1.807) is 24.3 Å². The summed E-state index contributed by atoms with van der Waals surface area (Å²) in [5.41, 5.74) is 0.465. The molecule has 0 spiro atoms. The van der Waals surface area contributed by atoms with Gasteiger partial charge < -0.3 is 4.74 Å².